The van der Waals surface area contributed by atoms with Gasteiger partial charge in [-0.15, -0.1) is 15.3 Å². The molecule has 1 aliphatic carbocycles. The molecule has 3 aliphatic rings. The third-order valence-corrected chi connectivity index (χ3v) is 7.32. The van der Waals surface area contributed by atoms with Crippen LogP contribution in [0.3, 0.4) is 0 Å². The molecule has 182 valence electrons. The second-order valence-corrected chi connectivity index (χ2v) is 9.65. The van der Waals surface area contributed by atoms with Gasteiger partial charge in [-0.3, -0.25) is 0 Å². The Balaban J connectivity index is 1.25. The highest BCUT2D eigenvalue weighted by Gasteiger charge is 2.46. The molecule has 0 unspecified atom stereocenters. The lowest BCUT2D eigenvalue weighted by molar-refractivity contribution is 0.104. The number of fused-ring (bicyclic) bond motifs is 2. The molecular formula is C25H28FN7O2. The fraction of sp³-hybridized carbons (Fsp3) is 0.480. The Kier molecular flexibility index (Phi) is 5.68. The van der Waals surface area contributed by atoms with Crippen LogP contribution in [0.5, 0.6) is 11.6 Å². The average molecular weight is 478 g/mol. The molecule has 2 N–H and O–H groups in total. The largest absolute Gasteiger partial charge is 0.507 e. The molecule has 2 aliphatic heterocycles. The van der Waals surface area contributed by atoms with Gasteiger partial charge in [-0.25, -0.2) is 9.37 Å². The SMILES string of the molecule is COc1cc(-c2ccc(-c3ncc(N(C4CC4)[C@H]4C[C@@H]5CCC[C@@H](N5)[C@H]4F)nn3)c(O)c2)cnn1. The minimum absolute atomic E-state index is 0.0295. The molecule has 1 saturated carbocycles. The number of phenolic OH excluding ortho intramolecular Hbond substituents is 1. The van der Waals surface area contributed by atoms with Crippen molar-refractivity contribution < 1.29 is 14.2 Å². The second-order valence-electron chi connectivity index (χ2n) is 9.65. The van der Waals surface area contributed by atoms with E-state index in [1.807, 2.05) is 6.07 Å². The van der Waals surface area contributed by atoms with Crippen LogP contribution in [0.2, 0.25) is 0 Å². The van der Waals surface area contributed by atoms with Gasteiger partial charge in [0.05, 0.1) is 31.1 Å². The second kappa shape index (κ2) is 8.99. The molecule has 4 heterocycles. The van der Waals surface area contributed by atoms with Gasteiger partial charge in [-0.2, -0.15) is 5.10 Å². The molecule has 0 radical (unpaired) electrons. The highest BCUT2D eigenvalue weighted by molar-refractivity contribution is 5.72. The Bertz CT molecular complexity index is 1210. The number of ether oxygens (including phenoxy) is 1. The van der Waals surface area contributed by atoms with Crippen LogP contribution in [-0.4, -0.2) is 67.9 Å². The smallest absolute Gasteiger partial charge is 0.233 e. The molecule has 3 fully saturated rings. The first-order valence-corrected chi connectivity index (χ1v) is 12.2. The number of hydrogen-bond acceptors (Lipinski definition) is 9. The molecular weight excluding hydrogens is 449 g/mol. The summed E-state index contributed by atoms with van der Waals surface area (Å²) in [5.74, 6) is 1.34. The molecule has 2 aromatic heterocycles. The number of piperidine rings is 2. The van der Waals surface area contributed by atoms with E-state index in [2.05, 4.69) is 35.6 Å². The number of alkyl halides is 1. The predicted molar refractivity (Wildman–Crippen MR) is 128 cm³/mol. The molecule has 3 aromatic rings. The summed E-state index contributed by atoms with van der Waals surface area (Å²) >= 11 is 0. The maximum absolute atomic E-state index is 15.4. The van der Waals surface area contributed by atoms with E-state index in [1.54, 1.807) is 30.6 Å². The van der Waals surface area contributed by atoms with E-state index < -0.39 is 6.17 Å². The number of aromatic hydroxyl groups is 1. The van der Waals surface area contributed by atoms with Crippen LogP contribution < -0.4 is 15.0 Å². The molecule has 2 bridgehead atoms. The summed E-state index contributed by atoms with van der Waals surface area (Å²) in [7, 11) is 1.53. The Labute approximate surface area is 202 Å². The monoisotopic (exact) mass is 477 g/mol. The zero-order valence-corrected chi connectivity index (χ0v) is 19.5. The number of nitrogens with zero attached hydrogens (tertiary/aromatic N) is 6. The van der Waals surface area contributed by atoms with Gasteiger partial charge in [0.15, 0.2) is 11.6 Å². The molecule has 1 aromatic carbocycles. The fourth-order valence-corrected chi connectivity index (χ4v) is 5.44. The molecule has 9 nitrogen and oxygen atoms in total. The normalized spacial score (nSPS) is 25.8. The zero-order valence-electron chi connectivity index (χ0n) is 19.5. The standard InChI is InChI=1S/C25H28FN7O2/c1-35-23-10-15(12-28-31-23)14-5-8-18(21(34)9-14)25-27-13-22(30-32-25)33(17-6-7-17)20-11-16-3-2-4-19(29-16)24(20)26/h5,8-10,12-13,16-17,19-20,24,29,34H,2-4,6-7,11H2,1H3/t16-,19+,20-,24+/m0/s1. The van der Waals surface area contributed by atoms with Gasteiger partial charge < -0.3 is 20.1 Å². The van der Waals surface area contributed by atoms with Crippen LogP contribution in [0.4, 0.5) is 10.2 Å². The van der Waals surface area contributed by atoms with Crippen molar-refractivity contribution in [3.63, 3.8) is 0 Å². The van der Waals surface area contributed by atoms with Crippen LogP contribution in [-0.2, 0) is 0 Å². The van der Waals surface area contributed by atoms with Gasteiger partial charge >= 0.3 is 0 Å². The molecule has 0 spiro atoms. The number of hydrogen-bond donors (Lipinski definition) is 2. The number of anilines is 1. The Morgan fingerprint density at radius 2 is 1.94 bits per heavy atom. The van der Waals surface area contributed by atoms with Gasteiger partial charge in [0.2, 0.25) is 5.88 Å². The number of phenols is 1. The summed E-state index contributed by atoms with van der Waals surface area (Å²) in [6.07, 6.45) is 8.23. The van der Waals surface area contributed by atoms with E-state index in [0.717, 1.165) is 49.7 Å². The quantitative estimate of drug-likeness (QED) is 0.553. The summed E-state index contributed by atoms with van der Waals surface area (Å²) in [4.78, 5) is 6.63. The van der Waals surface area contributed by atoms with E-state index >= 15 is 4.39 Å². The van der Waals surface area contributed by atoms with E-state index in [-0.39, 0.29) is 23.9 Å². The van der Waals surface area contributed by atoms with E-state index in [4.69, 9.17) is 4.74 Å². The first-order valence-electron chi connectivity index (χ1n) is 12.2. The maximum Gasteiger partial charge on any atom is 0.233 e. The Morgan fingerprint density at radius 1 is 1.06 bits per heavy atom. The van der Waals surface area contributed by atoms with Crippen LogP contribution in [0.25, 0.3) is 22.5 Å². The summed E-state index contributed by atoms with van der Waals surface area (Å²) in [6, 6.07) is 7.32. The highest BCUT2D eigenvalue weighted by atomic mass is 19.1. The topological polar surface area (TPSA) is 109 Å². The van der Waals surface area contributed by atoms with Crippen LogP contribution in [0.1, 0.15) is 38.5 Å². The van der Waals surface area contributed by atoms with Crippen molar-refractivity contribution in [1.82, 2.24) is 30.7 Å². The summed E-state index contributed by atoms with van der Waals surface area (Å²) < 4.78 is 20.6. The first-order chi connectivity index (χ1) is 17.1. The van der Waals surface area contributed by atoms with E-state index in [9.17, 15) is 5.11 Å². The first kappa shape index (κ1) is 22.1. The minimum Gasteiger partial charge on any atom is -0.507 e. The number of aromatic nitrogens is 5. The fourth-order valence-electron chi connectivity index (χ4n) is 5.44. The van der Waals surface area contributed by atoms with Crippen LogP contribution >= 0.6 is 0 Å². The van der Waals surface area contributed by atoms with Crippen molar-refractivity contribution >= 4 is 5.82 Å². The Morgan fingerprint density at radius 3 is 2.69 bits per heavy atom. The van der Waals surface area contributed by atoms with Crippen molar-refractivity contribution in [2.24, 2.45) is 0 Å². The van der Waals surface area contributed by atoms with Crippen LogP contribution in [0, 0.1) is 0 Å². The van der Waals surface area contributed by atoms with Crippen molar-refractivity contribution in [3.05, 3.63) is 36.7 Å². The zero-order chi connectivity index (χ0) is 23.9. The third-order valence-electron chi connectivity index (χ3n) is 7.32. The van der Waals surface area contributed by atoms with Gasteiger partial charge in [0, 0.05) is 29.8 Å². The van der Waals surface area contributed by atoms with E-state index in [1.165, 1.54) is 7.11 Å². The van der Waals surface area contributed by atoms with Crippen molar-refractivity contribution in [2.75, 3.05) is 12.0 Å². The molecule has 35 heavy (non-hydrogen) atoms. The predicted octanol–water partition coefficient (Wildman–Crippen LogP) is 3.30. The lowest BCUT2D eigenvalue weighted by Gasteiger charge is -2.47. The number of nitrogens with one attached hydrogen (secondary N) is 1. The number of benzene rings is 1. The van der Waals surface area contributed by atoms with E-state index in [0.29, 0.717) is 29.1 Å². The van der Waals surface area contributed by atoms with Gasteiger partial charge in [-0.05, 0) is 49.8 Å². The number of halogens is 1. The average Bonchev–Trinajstić information content (AvgIpc) is 3.73. The summed E-state index contributed by atoms with van der Waals surface area (Å²) in [5, 5.41) is 30.7. The molecule has 6 rings (SSSR count). The lowest BCUT2D eigenvalue weighted by atomic mass is 9.82. The molecule has 10 heteroatoms. The summed E-state index contributed by atoms with van der Waals surface area (Å²) in [5.41, 5.74) is 1.99. The number of rotatable bonds is 6. The van der Waals surface area contributed by atoms with Gasteiger partial charge in [0.1, 0.15) is 11.9 Å². The van der Waals surface area contributed by atoms with Gasteiger partial charge in [-0.1, -0.05) is 12.5 Å². The van der Waals surface area contributed by atoms with Crippen molar-refractivity contribution in [2.45, 2.75) is 68.9 Å². The van der Waals surface area contributed by atoms with Gasteiger partial charge in [0.25, 0.3) is 0 Å². The van der Waals surface area contributed by atoms with Crippen LogP contribution in [0.15, 0.2) is 36.7 Å². The molecule has 0 amide bonds. The molecule has 4 atom stereocenters. The van der Waals surface area contributed by atoms with Crippen molar-refractivity contribution in [1.29, 1.82) is 0 Å². The summed E-state index contributed by atoms with van der Waals surface area (Å²) in [6.45, 7) is 0. The van der Waals surface area contributed by atoms with Crippen molar-refractivity contribution in [3.8, 4) is 34.1 Å². The lowest BCUT2D eigenvalue weighted by Crippen LogP contribution is -2.62. The Hall–Kier alpha value is -3.40. The highest BCUT2D eigenvalue weighted by Crippen LogP contribution is 2.39. The minimum atomic E-state index is -0.938. The third kappa shape index (κ3) is 4.27. The maximum atomic E-state index is 15.4. The number of methoxy groups -OCH3 is 1. The molecule has 2 saturated heterocycles.